The van der Waals surface area contributed by atoms with Gasteiger partial charge in [0.2, 0.25) is 0 Å². The van der Waals surface area contributed by atoms with Gasteiger partial charge in [0.05, 0.1) is 5.56 Å². The van der Waals surface area contributed by atoms with E-state index in [4.69, 9.17) is 5.26 Å². The van der Waals surface area contributed by atoms with E-state index in [2.05, 4.69) is 46.8 Å². The van der Waals surface area contributed by atoms with Gasteiger partial charge in [0.1, 0.15) is 6.07 Å². The average Bonchev–Trinajstić information content (AvgIpc) is 2.29. The van der Waals surface area contributed by atoms with E-state index >= 15 is 0 Å². The van der Waals surface area contributed by atoms with Crippen molar-refractivity contribution in [1.29, 1.82) is 5.26 Å². The average molecular weight is 293 g/mol. The minimum absolute atomic E-state index is 0.473. The maximum Gasteiger partial charge on any atom is 0.100 e. The summed E-state index contributed by atoms with van der Waals surface area (Å²) in [6.07, 6.45) is 2.45. The maximum absolute atomic E-state index is 8.89. The van der Waals surface area contributed by atoms with Crippen molar-refractivity contribution >= 4 is 21.6 Å². The Bertz CT molecular complexity index is 450. The molecule has 1 aliphatic rings. The molecular weight excluding hydrogens is 276 g/mol. The topological polar surface area (TPSA) is 27.0 Å². The molecule has 1 aromatic rings. The zero-order valence-electron chi connectivity index (χ0n) is 10.3. The lowest BCUT2D eigenvalue weighted by Gasteiger charge is -2.38. The molecule has 1 heterocycles. The molecule has 0 spiro atoms. The number of benzene rings is 1. The summed E-state index contributed by atoms with van der Waals surface area (Å²) >= 11 is 3.45. The molecule has 0 atom stereocenters. The van der Waals surface area contributed by atoms with Gasteiger partial charge in [-0.15, -0.1) is 0 Å². The monoisotopic (exact) mass is 292 g/mol. The van der Waals surface area contributed by atoms with Crippen molar-refractivity contribution in [1.82, 2.24) is 0 Å². The third-order valence-corrected chi connectivity index (χ3v) is 4.21. The van der Waals surface area contributed by atoms with E-state index in [1.54, 1.807) is 0 Å². The second kappa shape index (κ2) is 4.70. The lowest BCUT2D eigenvalue weighted by molar-refractivity contribution is 0.280. The van der Waals surface area contributed by atoms with Crippen LogP contribution in [0.3, 0.4) is 0 Å². The fraction of sp³-hybridized carbons (Fsp3) is 0.500. The summed E-state index contributed by atoms with van der Waals surface area (Å²) in [5.41, 5.74) is 2.39. The van der Waals surface area contributed by atoms with E-state index in [1.165, 1.54) is 18.5 Å². The fourth-order valence-electron chi connectivity index (χ4n) is 2.16. The normalized spacial score (nSPS) is 18.8. The summed E-state index contributed by atoms with van der Waals surface area (Å²) in [5, 5.41) is 8.89. The third-order valence-electron chi connectivity index (χ3n) is 3.56. The predicted octanol–water partition coefficient (Wildman–Crippen LogP) is 3.95. The Kier molecular flexibility index (Phi) is 3.44. The van der Waals surface area contributed by atoms with E-state index in [0.717, 1.165) is 17.6 Å². The Morgan fingerprint density at radius 3 is 2.47 bits per heavy atom. The van der Waals surface area contributed by atoms with Crippen LogP contribution in [0.25, 0.3) is 0 Å². The second-order valence-electron chi connectivity index (χ2n) is 5.43. The molecule has 0 bridgehead atoms. The first-order valence-corrected chi connectivity index (χ1v) is 6.76. The van der Waals surface area contributed by atoms with Crippen LogP contribution in [0.1, 0.15) is 32.3 Å². The van der Waals surface area contributed by atoms with Gasteiger partial charge < -0.3 is 4.90 Å². The van der Waals surface area contributed by atoms with Gasteiger partial charge in [-0.3, -0.25) is 0 Å². The van der Waals surface area contributed by atoms with Crippen LogP contribution in [-0.4, -0.2) is 13.1 Å². The number of anilines is 1. The highest BCUT2D eigenvalue weighted by molar-refractivity contribution is 9.10. The van der Waals surface area contributed by atoms with Gasteiger partial charge >= 0.3 is 0 Å². The highest BCUT2D eigenvalue weighted by atomic mass is 79.9. The number of piperidine rings is 1. The number of hydrogen-bond acceptors (Lipinski definition) is 2. The predicted molar refractivity (Wildman–Crippen MR) is 74.1 cm³/mol. The van der Waals surface area contributed by atoms with Gasteiger partial charge in [-0.05, 0) is 52.4 Å². The van der Waals surface area contributed by atoms with Gasteiger partial charge in [0.25, 0.3) is 0 Å². The van der Waals surface area contributed by atoms with Crippen LogP contribution in [0.5, 0.6) is 0 Å². The van der Waals surface area contributed by atoms with E-state index in [9.17, 15) is 0 Å². The SMILES string of the molecule is CC1(C)CCN(c2ccc(C#N)c(Br)c2)CC1. The van der Waals surface area contributed by atoms with Gasteiger partial charge in [0, 0.05) is 23.2 Å². The minimum atomic E-state index is 0.473. The van der Waals surface area contributed by atoms with Crippen molar-refractivity contribution in [3.63, 3.8) is 0 Å². The molecule has 17 heavy (non-hydrogen) atoms. The molecule has 90 valence electrons. The Morgan fingerprint density at radius 2 is 1.94 bits per heavy atom. The van der Waals surface area contributed by atoms with Crippen molar-refractivity contribution in [2.45, 2.75) is 26.7 Å². The molecule has 1 fully saturated rings. The number of nitrogens with zero attached hydrogens (tertiary/aromatic N) is 2. The van der Waals surface area contributed by atoms with Crippen molar-refractivity contribution in [3.05, 3.63) is 28.2 Å². The highest BCUT2D eigenvalue weighted by Crippen LogP contribution is 2.33. The van der Waals surface area contributed by atoms with Gasteiger partial charge in [-0.25, -0.2) is 0 Å². The van der Waals surface area contributed by atoms with Crippen molar-refractivity contribution < 1.29 is 0 Å². The smallest absolute Gasteiger partial charge is 0.100 e. The zero-order chi connectivity index (χ0) is 12.5. The third kappa shape index (κ3) is 2.81. The number of nitriles is 1. The van der Waals surface area contributed by atoms with E-state index in [1.807, 2.05) is 12.1 Å². The fourth-order valence-corrected chi connectivity index (χ4v) is 2.62. The van der Waals surface area contributed by atoms with E-state index in [0.29, 0.717) is 11.0 Å². The maximum atomic E-state index is 8.89. The van der Waals surface area contributed by atoms with Crippen molar-refractivity contribution in [3.8, 4) is 6.07 Å². The first kappa shape index (κ1) is 12.4. The van der Waals surface area contributed by atoms with Crippen LogP contribution in [0.4, 0.5) is 5.69 Å². The quantitative estimate of drug-likeness (QED) is 0.784. The van der Waals surface area contributed by atoms with Crippen LogP contribution in [0, 0.1) is 16.7 Å². The van der Waals surface area contributed by atoms with Crippen LogP contribution < -0.4 is 4.90 Å². The Hall–Kier alpha value is -1.01. The van der Waals surface area contributed by atoms with Crippen molar-refractivity contribution in [2.24, 2.45) is 5.41 Å². The lowest BCUT2D eigenvalue weighted by atomic mass is 9.82. The molecule has 3 heteroatoms. The molecule has 0 unspecified atom stereocenters. The molecule has 1 aliphatic heterocycles. The second-order valence-corrected chi connectivity index (χ2v) is 6.28. The molecular formula is C14H17BrN2. The van der Waals surface area contributed by atoms with Crippen LogP contribution in [-0.2, 0) is 0 Å². The standard InChI is InChI=1S/C14H17BrN2/c1-14(2)5-7-17(8-6-14)12-4-3-11(10-16)13(15)9-12/h3-4,9H,5-8H2,1-2H3. The van der Waals surface area contributed by atoms with Gasteiger partial charge in [-0.1, -0.05) is 13.8 Å². The zero-order valence-corrected chi connectivity index (χ0v) is 11.9. The number of hydrogen-bond donors (Lipinski definition) is 0. The first-order valence-electron chi connectivity index (χ1n) is 5.96. The summed E-state index contributed by atoms with van der Waals surface area (Å²) in [4.78, 5) is 2.40. The minimum Gasteiger partial charge on any atom is -0.371 e. The number of halogens is 1. The van der Waals surface area contributed by atoms with E-state index < -0.39 is 0 Å². The molecule has 0 amide bonds. The van der Waals surface area contributed by atoms with E-state index in [-0.39, 0.29) is 0 Å². The highest BCUT2D eigenvalue weighted by Gasteiger charge is 2.25. The molecule has 2 nitrogen and oxygen atoms in total. The molecule has 0 radical (unpaired) electrons. The molecule has 0 aromatic heterocycles. The van der Waals surface area contributed by atoms with Gasteiger partial charge in [-0.2, -0.15) is 5.26 Å². The molecule has 1 aromatic carbocycles. The molecule has 0 saturated carbocycles. The first-order chi connectivity index (χ1) is 8.02. The Morgan fingerprint density at radius 1 is 1.29 bits per heavy atom. The summed E-state index contributed by atoms with van der Waals surface area (Å²) in [6.45, 7) is 6.87. The summed E-state index contributed by atoms with van der Waals surface area (Å²) in [7, 11) is 0. The lowest BCUT2D eigenvalue weighted by Crippen LogP contribution is -2.37. The van der Waals surface area contributed by atoms with Crippen molar-refractivity contribution in [2.75, 3.05) is 18.0 Å². The van der Waals surface area contributed by atoms with Gasteiger partial charge in [0.15, 0.2) is 0 Å². The largest absolute Gasteiger partial charge is 0.371 e. The summed E-state index contributed by atoms with van der Waals surface area (Å²) < 4.78 is 0.891. The van der Waals surface area contributed by atoms with Crippen LogP contribution >= 0.6 is 15.9 Å². The summed E-state index contributed by atoms with van der Waals surface area (Å²) in [5.74, 6) is 0. The Labute approximate surface area is 111 Å². The van der Waals surface area contributed by atoms with Crippen LogP contribution in [0.15, 0.2) is 22.7 Å². The molecule has 0 aliphatic carbocycles. The summed E-state index contributed by atoms with van der Waals surface area (Å²) in [6, 6.07) is 8.16. The van der Waals surface area contributed by atoms with Crippen LogP contribution in [0.2, 0.25) is 0 Å². The Balaban J connectivity index is 2.14. The molecule has 2 rings (SSSR count). The molecule has 1 saturated heterocycles. The number of rotatable bonds is 1. The molecule has 0 N–H and O–H groups in total.